The van der Waals surface area contributed by atoms with Gasteiger partial charge in [0.25, 0.3) is 0 Å². The van der Waals surface area contributed by atoms with E-state index >= 15 is 0 Å². The van der Waals surface area contributed by atoms with Crippen molar-refractivity contribution in [3.8, 4) is 0 Å². The summed E-state index contributed by atoms with van der Waals surface area (Å²) in [5.41, 5.74) is 6.25. The first-order chi connectivity index (χ1) is 30.1. The van der Waals surface area contributed by atoms with Gasteiger partial charge in [-0.3, -0.25) is 38.6 Å². The number of imidazole rings is 1. The highest BCUT2D eigenvalue weighted by atomic mass is 19.1. The number of para-hydroxylation sites is 1. The van der Waals surface area contributed by atoms with Crippen LogP contribution in [0.2, 0.25) is 0 Å². The van der Waals surface area contributed by atoms with E-state index in [9.17, 15) is 38.3 Å². The summed E-state index contributed by atoms with van der Waals surface area (Å²) in [5, 5.41) is 22.5. The molecule has 0 spiro atoms. The van der Waals surface area contributed by atoms with Crippen molar-refractivity contribution in [1.82, 2.24) is 45.2 Å². The maximum atomic E-state index is 13.6. The molecule has 0 bridgehead atoms. The van der Waals surface area contributed by atoms with Crippen LogP contribution in [-0.2, 0) is 46.7 Å². The topological polar surface area (TPSA) is 246 Å². The van der Waals surface area contributed by atoms with Crippen LogP contribution in [0.1, 0.15) is 74.6 Å². The normalized spacial score (nSPS) is 11.5. The third kappa shape index (κ3) is 22.6. The van der Waals surface area contributed by atoms with Gasteiger partial charge < -0.3 is 50.7 Å². The van der Waals surface area contributed by atoms with Gasteiger partial charge >= 0.3 is 0 Å². The van der Waals surface area contributed by atoms with Crippen molar-refractivity contribution in [2.24, 2.45) is 11.7 Å². The zero-order valence-corrected chi connectivity index (χ0v) is 40.4. The zero-order chi connectivity index (χ0) is 49.2. The molecule has 64 heavy (non-hydrogen) atoms. The van der Waals surface area contributed by atoms with E-state index in [0.717, 1.165) is 31.6 Å². The van der Waals surface area contributed by atoms with Crippen LogP contribution in [0.25, 0.3) is 21.9 Å². The van der Waals surface area contributed by atoms with E-state index in [2.05, 4.69) is 26.2 Å². The number of imide groups is 1. The first kappa shape index (κ1) is 59.0. The van der Waals surface area contributed by atoms with Crippen molar-refractivity contribution < 1.29 is 43.0 Å². The number of rotatable bonds is 22. The Morgan fingerprint density at radius 1 is 0.922 bits per heavy atom. The van der Waals surface area contributed by atoms with Crippen molar-refractivity contribution in [1.29, 1.82) is 0 Å². The number of ether oxygens (including phenoxy) is 1. The average Bonchev–Trinajstić information content (AvgIpc) is 3.57. The number of nitrogens with one attached hydrogen (secondary N) is 4. The summed E-state index contributed by atoms with van der Waals surface area (Å²) in [4.78, 5) is 85.0. The van der Waals surface area contributed by atoms with Gasteiger partial charge in [0.05, 0.1) is 50.0 Å². The van der Waals surface area contributed by atoms with Crippen molar-refractivity contribution in [2.45, 2.75) is 93.5 Å². The Labute approximate surface area is 378 Å². The minimum Gasteiger partial charge on any atom is -0.389 e. The maximum absolute atomic E-state index is 13.6. The summed E-state index contributed by atoms with van der Waals surface area (Å²) in [7, 11) is 6.33. The fourth-order valence-electron chi connectivity index (χ4n) is 5.96. The second kappa shape index (κ2) is 31.0. The van der Waals surface area contributed by atoms with E-state index in [1.807, 2.05) is 82.6 Å². The number of aliphatic hydroxyl groups is 1. The van der Waals surface area contributed by atoms with Crippen LogP contribution in [0.15, 0.2) is 24.3 Å². The second-order valence-corrected chi connectivity index (χ2v) is 16.2. The van der Waals surface area contributed by atoms with E-state index in [1.165, 1.54) is 25.7 Å². The van der Waals surface area contributed by atoms with Crippen molar-refractivity contribution in [3.05, 3.63) is 30.1 Å². The SMILES string of the molecule is CC(C)=O.CCCN(CC(=O)NC(C(=O)Nc1nc2ccccc2c2c1nc(COCC)n2CC(C)(C)O)C(C)C)C(=O)CN.CF.CNCCN(C)CCN(C)CC(=O)NC(C)=O. The molecule has 1 atom stereocenters. The Bertz CT molecular complexity index is 1920. The Morgan fingerprint density at radius 2 is 1.53 bits per heavy atom. The van der Waals surface area contributed by atoms with Gasteiger partial charge in [0.2, 0.25) is 29.5 Å². The molecule has 0 saturated heterocycles. The third-order valence-electron chi connectivity index (χ3n) is 8.84. The van der Waals surface area contributed by atoms with Crippen LogP contribution in [0.5, 0.6) is 0 Å². The number of benzene rings is 1. The molecular formula is C44H76FN11O8. The van der Waals surface area contributed by atoms with E-state index in [0.29, 0.717) is 49.1 Å². The van der Waals surface area contributed by atoms with E-state index in [4.69, 9.17) is 20.4 Å². The molecule has 7 N–H and O–H groups in total. The minimum atomic E-state index is -1.05. The molecule has 362 valence electrons. The number of carbonyl (C=O) groups excluding carboxylic acids is 6. The smallest absolute Gasteiger partial charge is 0.248 e. The zero-order valence-electron chi connectivity index (χ0n) is 40.4. The fourth-order valence-corrected chi connectivity index (χ4v) is 5.96. The molecule has 0 aliphatic carbocycles. The average molecular weight is 906 g/mol. The molecule has 0 saturated carbocycles. The molecule has 1 aromatic carbocycles. The lowest BCUT2D eigenvalue weighted by atomic mass is 10.0. The number of hydrogen-bond donors (Lipinski definition) is 6. The summed E-state index contributed by atoms with van der Waals surface area (Å²) < 4.78 is 17.1. The minimum absolute atomic E-state index is 0.167. The number of pyridine rings is 1. The van der Waals surface area contributed by atoms with Crippen LogP contribution in [-0.4, -0.2) is 169 Å². The van der Waals surface area contributed by atoms with E-state index in [-0.39, 0.29) is 68.0 Å². The second-order valence-electron chi connectivity index (χ2n) is 16.2. The monoisotopic (exact) mass is 906 g/mol. The summed E-state index contributed by atoms with van der Waals surface area (Å²) in [6, 6.07) is 6.61. The quantitative estimate of drug-likeness (QED) is 0.0846. The van der Waals surface area contributed by atoms with Crippen molar-refractivity contribution in [3.63, 3.8) is 0 Å². The highest BCUT2D eigenvalue weighted by molar-refractivity contribution is 6.10. The number of nitrogens with zero attached hydrogens (tertiary/aromatic N) is 6. The molecule has 3 aromatic rings. The number of hydrogen-bond acceptors (Lipinski definition) is 14. The van der Waals surface area contributed by atoms with Crippen molar-refractivity contribution >= 4 is 63.1 Å². The number of ketones is 1. The van der Waals surface area contributed by atoms with Gasteiger partial charge in [0.1, 0.15) is 29.8 Å². The Morgan fingerprint density at radius 3 is 2.06 bits per heavy atom. The molecule has 3 rings (SSSR count). The van der Waals surface area contributed by atoms with Gasteiger partial charge in [-0.25, -0.2) is 9.97 Å². The lowest BCUT2D eigenvalue weighted by Gasteiger charge is -2.25. The first-order valence-electron chi connectivity index (χ1n) is 21.4. The van der Waals surface area contributed by atoms with Crippen LogP contribution in [0.4, 0.5) is 10.2 Å². The van der Waals surface area contributed by atoms with Crippen LogP contribution in [0, 0.1) is 5.92 Å². The Kier molecular flexibility index (Phi) is 28.6. The predicted octanol–water partition coefficient (Wildman–Crippen LogP) is 2.08. The van der Waals surface area contributed by atoms with Gasteiger partial charge in [-0.05, 0) is 74.2 Å². The fraction of sp³-hybridized carbons (Fsp3) is 0.636. The molecule has 0 aliphatic rings. The van der Waals surface area contributed by atoms with Crippen molar-refractivity contribution in [2.75, 3.05) is 92.6 Å². The number of nitrogens with two attached hydrogens (primary N) is 1. The number of likely N-dealkylation sites (N-methyl/N-ethyl adjacent to an activating group) is 3. The summed E-state index contributed by atoms with van der Waals surface area (Å²) in [6.07, 6.45) is 0.669. The Hall–Kier alpha value is -4.99. The van der Waals surface area contributed by atoms with Crippen LogP contribution >= 0.6 is 0 Å². The van der Waals surface area contributed by atoms with E-state index < -0.39 is 23.5 Å². The maximum Gasteiger partial charge on any atom is 0.248 e. The molecule has 20 heteroatoms. The Balaban J connectivity index is 0.00000143. The lowest BCUT2D eigenvalue weighted by molar-refractivity contribution is -0.136. The van der Waals surface area contributed by atoms with E-state index in [1.54, 1.807) is 13.8 Å². The lowest BCUT2D eigenvalue weighted by Crippen LogP contribution is -2.51. The molecule has 19 nitrogen and oxygen atoms in total. The summed E-state index contributed by atoms with van der Waals surface area (Å²) >= 11 is 0. The molecule has 0 fully saturated rings. The molecule has 5 amide bonds. The van der Waals surface area contributed by atoms with Gasteiger partial charge in [-0.1, -0.05) is 39.0 Å². The number of amides is 5. The third-order valence-corrected chi connectivity index (χ3v) is 8.84. The number of aromatic nitrogens is 3. The summed E-state index contributed by atoms with van der Waals surface area (Å²) in [6.45, 7) is 20.1. The molecule has 0 radical (unpaired) electrons. The molecule has 0 aliphatic heterocycles. The standard InChI is InChI=1S/C29H43N7O5.C11H24N4O2.C3H6O.CH3F/c1-7-13-35(23(38)14-30)15-22(37)33-24(18(3)4)28(39)34-27-25-26(19-11-9-10-12-20(19)31-27)36(17-29(5,6)40)21(32-25)16-41-8-2;1-10(16)13-11(17)9-15(4)8-7-14(3)6-5-12-2;1-3(2)4;1-2/h9-12,18,24,40H,7-8,13-17,30H2,1-6H3,(H,33,37)(H,31,34,39);12H,5-9H2,1-4H3,(H,13,16,17);1-2H3;1H3. The first-order valence-corrected chi connectivity index (χ1v) is 21.4. The number of anilines is 1. The molecule has 1 unspecified atom stereocenters. The molecular weight excluding hydrogens is 830 g/mol. The molecule has 2 aromatic heterocycles. The number of fused-ring (bicyclic) bond motifs is 3. The highest BCUT2D eigenvalue weighted by Gasteiger charge is 2.29. The van der Waals surface area contributed by atoms with Crippen LogP contribution < -0.4 is 27.0 Å². The summed E-state index contributed by atoms with van der Waals surface area (Å²) in [5.74, 6) is -1.09. The highest BCUT2D eigenvalue weighted by Crippen LogP contribution is 2.32. The number of carbonyl (C=O) groups is 6. The van der Waals surface area contributed by atoms with Gasteiger partial charge in [-0.15, -0.1) is 0 Å². The van der Waals surface area contributed by atoms with Gasteiger partial charge in [-0.2, -0.15) is 0 Å². The number of halogens is 1. The molecule has 2 heterocycles. The predicted molar refractivity (Wildman–Crippen MR) is 249 cm³/mol. The largest absolute Gasteiger partial charge is 0.389 e. The van der Waals surface area contributed by atoms with Gasteiger partial charge in [0.15, 0.2) is 5.82 Å². The van der Waals surface area contributed by atoms with Crippen LogP contribution in [0.3, 0.4) is 0 Å². The van der Waals surface area contributed by atoms with Gasteiger partial charge in [0, 0.05) is 51.6 Å². The number of alkyl halides is 1. The number of Topliss-reactive ketones (excluding diaryl/α,β-unsaturated/α-hetero) is 1.